The van der Waals surface area contributed by atoms with E-state index in [0.29, 0.717) is 0 Å². The summed E-state index contributed by atoms with van der Waals surface area (Å²) in [6.45, 7) is 2.72. The molecule has 0 aromatic heterocycles. The molecule has 4 heteroatoms. The Labute approximate surface area is 149 Å². The number of hydrogen-bond acceptors (Lipinski definition) is 3. The van der Waals surface area contributed by atoms with E-state index in [0.717, 1.165) is 13.0 Å². The van der Waals surface area contributed by atoms with Gasteiger partial charge in [-0.25, -0.2) is 10.3 Å². The van der Waals surface area contributed by atoms with E-state index in [4.69, 9.17) is 9.94 Å². The Morgan fingerprint density at radius 2 is 1.33 bits per heavy atom. The SMILES string of the molecule is CCCCCCCC/C=C\CCCCCCCCNOCC(=O)O. The van der Waals surface area contributed by atoms with Gasteiger partial charge in [-0.1, -0.05) is 76.9 Å². The monoisotopic (exact) mass is 341 g/mol. The van der Waals surface area contributed by atoms with Gasteiger partial charge in [0.2, 0.25) is 0 Å². The summed E-state index contributed by atoms with van der Waals surface area (Å²) in [5.74, 6) is -0.941. The van der Waals surface area contributed by atoms with Crippen molar-refractivity contribution in [3.63, 3.8) is 0 Å². The molecule has 0 heterocycles. The van der Waals surface area contributed by atoms with Crippen molar-refractivity contribution in [2.24, 2.45) is 0 Å². The van der Waals surface area contributed by atoms with E-state index < -0.39 is 5.97 Å². The number of hydrogen-bond donors (Lipinski definition) is 2. The molecule has 2 N–H and O–H groups in total. The van der Waals surface area contributed by atoms with Crippen molar-refractivity contribution in [1.29, 1.82) is 0 Å². The molecule has 142 valence electrons. The normalized spacial score (nSPS) is 11.4. The highest BCUT2D eigenvalue weighted by molar-refractivity contribution is 5.67. The van der Waals surface area contributed by atoms with Gasteiger partial charge in [-0.3, -0.25) is 4.84 Å². The highest BCUT2D eigenvalue weighted by atomic mass is 16.7. The molecule has 0 aromatic rings. The minimum absolute atomic E-state index is 0.271. The van der Waals surface area contributed by atoms with Crippen molar-refractivity contribution < 1.29 is 14.7 Å². The van der Waals surface area contributed by atoms with Crippen molar-refractivity contribution in [1.82, 2.24) is 5.48 Å². The molecule has 0 saturated heterocycles. The van der Waals surface area contributed by atoms with Crippen LogP contribution in [-0.2, 0) is 9.63 Å². The summed E-state index contributed by atoms with van der Waals surface area (Å²) < 4.78 is 0. The van der Waals surface area contributed by atoms with E-state index >= 15 is 0 Å². The topological polar surface area (TPSA) is 58.6 Å². The lowest BCUT2D eigenvalue weighted by molar-refractivity contribution is -0.145. The van der Waals surface area contributed by atoms with Crippen molar-refractivity contribution >= 4 is 5.97 Å². The number of hydroxylamine groups is 1. The molecule has 0 rings (SSSR count). The van der Waals surface area contributed by atoms with Crippen LogP contribution in [0.25, 0.3) is 0 Å². The summed E-state index contributed by atoms with van der Waals surface area (Å²) in [7, 11) is 0. The lowest BCUT2D eigenvalue weighted by atomic mass is 10.1. The second-order valence-electron chi connectivity index (χ2n) is 6.51. The fourth-order valence-electron chi connectivity index (χ4n) is 2.63. The molecule has 0 amide bonds. The predicted molar refractivity (Wildman–Crippen MR) is 101 cm³/mol. The maximum Gasteiger partial charge on any atom is 0.331 e. The zero-order chi connectivity index (χ0) is 17.7. The fraction of sp³-hybridized carbons (Fsp3) is 0.850. The predicted octanol–water partition coefficient (Wildman–Crippen LogP) is 5.63. The van der Waals surface area contributed by atoms with E-state index in [-0.39, 0.29) is 6.61 Å². The molecule has 0 aliphatic heterocycles. The highest BCUT2D eigenvalue weighted by Gasteiger charge is 1.95. The first-order valence-corrected chi connectivity index (χ1v) is 9.98. The molecule has 0 spiro atoms. The number of unbranched alkanes of at least 4 members (excludes halogenated alkanes) is 12. The molecule has 0 atom stereocenters. The van der Waals surface area contributed by atoms with Crippen LogP contribution in [0.4, 0.5) is 0 Å². The molecular weight excluding hydrogens is 302 g/mol. The van der Waals surface area contributed by atoms with Crippen molar-refractivity contribution in [2.75, 3.05) is 13.2 Å². The zero-order valence-corrected chi connectivity index (χ0v) is 15.7. The van der Waals surface area contributed by atoms with Crippen molar-refractivity contribution in [3.05, 3.63) is 12.2 Å². The standard InChI is InChI=1S/C20H39NO3/c1-2-3-4-5-6-7-8-9-10-11-12-13-14-15-16-17-18-21-24-19-20(22)23/h9-10,21H,2-8,11-19H2,1H3,(H,22,23)/b10-9-. The lowest BCUT2D eigenvalue weighted by Crippen LogP contribution is -2.20. The average molecular weight is 342 g/mol. The van der Waals surface area contributed by atoms with Gasteiger partial charge >= 0.3 is 5.97 Å². The van der Waals surface area contributed by atoms with Crippen LogP contribution in [0.2, 0.25) is 0 Å². The molecule has 0 aliphatic carbocycles. The number of allylic oxidation sites excluding steroid dienone is 2. The van der Waals surface area contributed by atoms with Crippen LogP contribution in [0.1, 0.15) is 96.8 Å². The Kier molecular flexibility index (Phi) is 19.4. The van der Waals surface area contributed by atoms with Gasteiger partial charge in [-0.2, -0.15) is 0 Å². The van der Waals surface area contributed by atoms with Crippen molar-refractivity contribution in [3.8, 4) is 0 Å². The second-order valence-corrected chi connectivity index (χ2v) is 6.51. The average Bonchev–Trinajstić information content (AvgIpc) is 2.56. The molecule has 0 aromatic carbocycles. The molecule has 24 heavy (non-hydrogen) atoms. The van der Waals surface area contributed by atoms with Gasteiger partial charge < -0.3 is 5.11 Å². The first-order valence-electron chi connectivity index (χ1n) is 9.98. The molecule has 0 bridgehead atoms. The summed E-state index contributed by atoms with van der Waals surface area (Å²) in [5.41, 5.74) is 2.68. The van der Waals surface area contributed by atoms with Crippen LogP contribution in [0.15, 0.2) is 12.2 Å². The molecular formula is C20H39NO3. The summed E-state index contributed by atoms with van der Waals surface area (Å²) in [6.07, 6.45) is 22.8. The molecule has 4 nitrogen and oxygen atoms in total. The zero-order valence-electron chi connectivity index (χ0n) is 15.7. The summed E-state index contributed by atoms with van der Waals surface area (Å²) >= 11 is 0. The van der Waals surface area contributed by atoms with Crippen LogP contribution in [0.5, 0.6) is 0 Å². The molecule has 0 aliphatic rings. The first kappa shape index (κ1) is 23.1. The number of nitrogens with one attached hydrogen (secondary N) is 1. The lowest BCUT2D eigenvalue weighted by Gasteiger charge is -2.03. The van der Waals surface area contributed by atoms with E-state index in [2.05, 4.69) is 24.6 Å². The highest BCUT2D eigenvalue weighted by Crippen LogP contribution is 2.09. The maximum absolute atomic E-state index is 10.2. The van der Waals surface area contributed by atoms with Gasteiger partial charge in [0.15, 0.2) is 6.61 Å². The molecule has 0 radical (unpaired) electrons. The third kappa shape index (κ3) is 21.1. The van der Waals surface area contributed by atoms with E-state index in [1.165, 1.54) is 83.5 Å². The minimum atomic E-state index is -0.941. The third-order valence-electron chi connectivity index (χ3n) is 4.09. The molecule has 0 fully saturated rings. The Morgan fingerprint density at radius 1 is 0.833 bits per heavy atom. The number of aliphatic carboxylic acids is 1. The maximum atomic E-state index is 10.2. The smallest absolute Gasteiger partial charge is 0.331 e. The Balaban J connectivity index is 3.06. The molecule has 0 unspecified atom stereocenters. The number of carboxylic acids is 1. The van der Waals surface area contributed by atoms with Gasteiger partial charge in [0, 0.05) is 6.54 Å². The number of rotatable bonds is 19. The first-order chi connectivity index (χ1) is 11.8. The molecule has 0 saturated carbocycles. The minimum Gasteiger partial charge on any atom is -0.479 e. The quantitative estimate of drug-likeness (QED) is 0.182. The van der Waals surface area contributed by atoms with E-state index in [9.17, 15) is 4.79 Å². The Morgan fingerprint density at radius 3 is 1.88 bits per heavy atom. The van der Waals surface area contributed by atoms with Crippen LogP contribution in [0.3, 0.4) is 0 Å². The van der Waals surface area contributed by atoms with Gasteiger partial charge in [-0.05, 0) is 32.1 Å². The van der Waals surface area contributed by atoms with Crippen molar-refractivity contribution in [2.45, 2.75) is 96.8 Å². The van der Waals surface area contributed by atoms with Gasteiger partial charge in [0.05, 0.1) is 0 Å². The summed E-state index contributed by atoms with van der Waals surface area (Å²) in [6, 6.07) is 0. The number of carbonyl (C=O) groups is 1. The van der Waals surface area contributed by atoms with Crippen LogP contribution < -0.4 is 5.48 Å². The second kappa shape index (κ2) is 20.2. The van der Waals surface area contributed by atoms with E-state index in [1.807, 2.05) is 0 Å². The Bertz CT molecular complexity index is 293. The summed E-state index contributed by atoms with van der Waals surface area (Å²) in [5, 5.41) is 8.39. The van der Waals surface area contributed by atoms with Crippen LogP contribution in [-0.4, -0.2) is 24.2 Å². The van der Waals surface area contributed by atoms with Gasteiger partial charge in [0.1, 0.15) is 0 Å². The third-order valence-corrected chi connectivity index (χ3v) is 4.09. The largest absolute Gasteiger partial charge is 0.479 e. The van der Waals surface area contributed by atoms with Gasteiger partial charge in [-0.15, -0.1) is 0 Å². The van der Waals surface area contributed by atoms with E-state index in [1.54, 1.807) is 0 Å². The van der Waals surface area contributed by atoms with Gasteiger partial charge in [0.25, 0.3) is 0 Å². The van der Waals surface area contributed by atoms with Crippen LogP contribution >= 0.6 is 0 Å². The summed E-state index contributed by atoms with van der Waals surface area (Å²) in [4.78, 5) is 15.0. The fourth-order valence-corrected chi connectivity index (χ4v) is 2.63. The van der Waals surface area contributed by atoms with Crippen LogP contribution in [0, 0.1) is 0 Å². The number of carboxylic acid groups (broad SMARTS) is 1. The Hall–Kier alpha value is -0.870.